The molecule has 0 amide bonds. The molecule has 25 heavy (non-hydrogen) atoms. The van der Waals surface area contributed by atoms with E-state index in [9.17, 15) is 14.7 Å². The number of carboxylic acids is 1. The molecule has 0 bridgehead atoms. The second-order valence-electron chi connectivity index (χ2n) is 5.28. The van der Waals surface area contributed by atoms with Gasteiger partial charge in [0.15, 0.2) is 0 Å². The highest BCUT2D eigenvalue weighted by atomic mass is 16.6. The quantitative estimate of drug-likeness (QED) is 0.586. The molecular weight excluding hydrogens is 324 g/mol. The van der Waals surface area contributed by atoms with Gasteiger partial charge in [0.05, 0.1) is 7.11 Å². The van der Waals surface area contributed by atoms with Gasteiger partial charge in [-0.15, -0.1) is 0 Å². The van der Waals surface area contributed by atoms with E-state index in [4.69, 9.17) is 14.2 Å². The number of hydrogen-bond acceptors (Lipinski definition) is 5. The van der Waals surface area contributed by atoms with Crippen molar-refractivity contribution in [2.24, 2.45) is 0 Å². The van der Waals surface area contributed by atoms with Gasteiger partial charge < -0.3 is 19.3 Å². The van der Waals surface area contributed by atoms with Gasteiger partial charge in [0, 0.05) is 18.9 Å². The van der Waals surface area contributed by atoms with E-state index in [0.717, 1.165) is 5.56 Å². The molecule has 0 atom stereocenters. The van der Waals surface area contributed by atoms with E-state index >= 15 is 0 Å². The van der Waals surface area contributed by atoms with Crippen molar-refractivity contribution in [3.8, 4) is 11.5 Å². The van der Waals surface area contributed by atoms with Crippen molar-refractivity contribution in [1.29, 1.82) is 0 Å². The fraction of sp³-hybridized carbons (Fsp3) is 0.263. The summed E-state index contributed by atoms with van der Waals surface area (Å²) in [5, 5.41) is 9.38. The molecule has 0 saturated heterocycles. The molecule has 0 saturated carbocycles. The Labute approximate surface area is 146 Å². The van der Waals surface area contributed by atoms with Crippen LogP contribution in [0, 0.1) is 0 Å². The van der Waals surface area contributed by atoms with Crippen molar-refractivity contribution >= 4 is 11.9 Å². The molecule has 0 heterocycles. The molecule has 2 rings (SSSR count). The van der Waals surface area contributed by atoms with E-state index in [2.05, 4.69) is 0 Å². The summed E-state index contributed by atoms with van der Waals surface area (Å²) in [5.74, 6) is -0.691. The molecule has 0 aliphatic rings. The molecule has 1 N–H and O–H groups in total. The van der Waals surface area contributed by atoms with Crippen molar-refractivity contribution in [3.05, 3.63) is 59.2 Å². The summed E-state index contributed by atoms with van der Waals surface area (Å²) in [6, 6.07) is 12.6. The SMILES string of the molecule is COc1c(C(=O)O)ccc(OCCOC(C)=O)c1Cc1ccccc1. The molecular formula is C19H20O6. The van der Waals surface area contributed by atoms with Crippen LogP contribution in [0.4, 0.5) is 0 Å². The number of carbonyl (C=O) groups excluding carboxylic acids is 1. The zero-order chi connectivity index (χ0) is 18.2. The van der Waals surface area contributed by atoms with Gasteiger partial charge in [0.1, 0.15) is 30.3 Å². The number of hydrogen-bond donors (Lipinski definition) is 1. The molecule has 2 aromatic rings. The van der Waals surface area contributed by atoms with E-state index in [1.807, 2.05) is 30.3 Å². The lowest BCUT2D eigenvalue weighted by molar-refractivity contribution is -0.141. The maximum Gasteiger partial charge on any atom is 0.339 e. The Bertz CT molecular complexity index is 739. The summed E-state index contributed by atoms with van der Waals surface area (Å²) in [6.07, 6.45) is 0.452. The summed E-state index contributed by atoms with van der Waals surface area (Å²) < 4.78 is 15.9. The van der Waals surface area contributed by atoms with Crippen LogP contribution in [-0.2, 0) is 16.0 Å². The van der Waals surface area contributed by atoms with Gasteiger partial charge >= 0.3 is 11.9 Å². The Balaban J connectivity index is 2.33. The van der Waals surface area contributed by atoms with Crippen LogP contribution in [-0.4, -0.2) is 37.4 Å². The highest BCUT2D eigenvalue weighted by molar-refractivity contribution is 5.92. The van der Waals surface area contributed by atoms with Crippen LogP contribution in [0.2, 0.25) is 0 Å². The zero-order valence-corrected chi connectivity index (χ0v) is 14.2. The standard InChI is InChI=1S/C19H20O6/c1-13(20)24-10-11-25-17-9-8-15(19(21)22)18(23-2)16(17)12-14-6-4-3-5-7-14/h3-9H,10-12H2,1-2H3,(H,21,22). The molecule has 0 aromatic heterocycles. The predicted molar refractivity (Wildman–Crippen MR) is 91.3 cm³/mol. The number of methoxy groups -OCH3 is 1. The number of ether oxygens (including phenoxy) is 3. The van der Waals surface area contributed by atoms with Crippen LogP contribution in [0.5, 0.6) is 11.5 Å². The van der Waals surface area contributed by atoms with Crippen molar-refractivity contribution in [3.63, 3.8) is 0 Å². The number of carboxylic acid groups (broad SMARTS) is 1. The van der Waals surface area contributed by atoms with Crippen molar-refractivity contribution < 1.29 is 28.9 Å². The van der Waals surface area contributed by atoms with E-state index in [-0.39, 0.29) is 30.5 Å². The zero-order valence-electron chi connectivity index (χ0n) is 14.2. The number of rotatable bonds is 8. The fourth-order valence-corrected chi connectivity index (χ4v) is 2.45. The first kappa shape index (κ1) is 18.3. The summed E-state index contributed by atoms with van der Waals surface area (Å²) >= 11 is 0. The Morgan fingerprint density at radius 1 is 1.04 bits per heavy atom. The summed E-state index contributed by atoms with van der Waals surface area (Å²) in [5.41, 5.74) is 1.70. The van der Waals surface area contributed by atoms with Crippen LogP contribution in [0.25, 0.3) is 0 Å². The van der Waals surface area contributed by atoms with Crippen LogP contribution < -0.4 is 9.47 Å². The molecule has 0 aliphatic heterocycles. The minimum atomic E-state index is -1.07. The van der Waals surface area contributed by atoms with Crippen molar-refractivity contribution in [1.82, 2.24) is 0 Å². The Kier molecular flexibility index (Phi) is 6.39. The molecule has 6 heteroatoms. The number of carbonyl (C=O) groups is 2. The van der Waals surface area contributed by atoms with Crippen LogP contribution in [0.3, 0.4) is 0 Å². The van der Waals surface area contributed by atoms with Crippen molar-refractivity contribution in [2.75, 3.05) is 20.3 Å². The maximum absolute atomic E-state index is 11.5. The number of esters is 1. The van der Waals surface area contributed by atoms with E-state index < -0.39 is 5.97 Å². The molecule has 2 aromatic carbocycles. The van der Waals surface area contributed by atoms with Gasteiger partial charge in [0.25, 0.3) is 0 Å². The molecule has 0 spiro atoms. The van der Waals surface area contributed by atoms with E-state index in [0.29, 0.717) is 17.7 Å². The van der Waals surface area contributed by atoms with E-state index in [1.54, 1.807) is 6.07 Å². The van der Waals surface area contributed by atoms with Gasteiger partial charge in [-0.1, -0.05) is 30.3 Å². The highest BCUT2D eigenvalue weighted by Crippen LogP contribution is 2.34. The summed E-state index contributed by atoms with van der Waals surface area (Å²) in [4.78, 5) is 22.3. The minimum Gasteiger partial charge on any atom is -0.495 e. The van der Waals surface area contributed by atoms with Crippen molar-refractivity contribution in [2.45, 2.75) is 13.3 Å². The Morgan fingerprint density at radius 2 is 1.76 bits per heavy atom. The third kappa shape index (κ3) is 4.97. The average molecular weight is 344 g/mol. The van der Waals surface area contributed by atoms with Gasteiger partial charge in [-0.05, 0) is 17.7 Å². The van der Waals surface area contributed by atoms with Gasteiger partial charge in [-0.3, -0.25) is 4.79 Å². The summed E-state index contributed by atoms with van der Waals surface area (Å²) in [7, 11) is 1.43. The number of benzene rings is 2. The molecule has 0 unspecified atom stereocenters. The van der Waals surface area contributed by atoms with Gasteiger partial charge in [0.2, 0.25) is 0 Å². The maximum atomic E-state index is 11.5. The van der Waals surface area contributed by atoms with Crippen LogP contribution >= 0.6 is 0 Å². The molecule has 0 aliphatic carbocycles. The molecule has 0 fully saturated rings. The summed E-state index contributed by atoms with van der Waals surface area (Å²) in [6.45, 7) is 1.60. The smallest absolute Gasteiger partial charge is 0.339 e. The monoisotopic (exact) mass is 344 g/mol. The van der Waals surface area contributed by atoms with E-state index in [1.165, 1.54) is 20.1 Å². The first-order valence-corrected chi connectivity index (χ1v) is 7.76. The fourth-order valence-electron chi connectivity index (χ4n) is 2.45. The van der Waals surface area contributed by atoms with Crippen LogP contribution in [0.15, 0.2) is 42.5 Å². The first-order chi connectivity index (χ1) is 12.0. The Morgan fingerprint density at radius 3 is 2.36 bits per heavy atom. The number of aromatic carboxylic acids is 1. The average Bonchev–Trinajstić information content (AvgIpc) is 2.59. The third-order valence-electron chi connectivity index (χ3n) is 3.52. The van der Waals surface area contributed by atoms with Gasteiger partial charge in [-0.25, -0.2) is 4.79 Å². The van der Waals surface area contributed by atoms with Crippen LogP contribution in [0.1, 0.15) is 28.4 Å². The molecule has 6 nitrogen and oxygen atoms in total. The molecule has 0 radical (unpaired) electrons. The second-order valence-corrected chi connectivity index (χ2v) is 5.28. The lowest BCUT2D eigenvalue weighted by Crippen LogP contribution is -2.12. The third-order valence-corrected chi connectivity index (χ3v) is 3.52. The van der Waals surface area contributed by atoms with Gasteiger partial charge in [-0.2, -0.15) is 0 Å². The largest absolute Gasteiger partial charge is 0.495 e. The normalized spacial score (nSPS) is 10.2. The second kappa shape index (κ2) is 8.73. The lowest BCUT2D eigenvalue weighted by atomic mass is 10.00. The topological polar surface area (TPSA) is 82.1 Å². The molecule has 132 valence electrons. The lowest BCUT2D eigenvalue weighted by Gasteiger charge is -2.17. The highest BCUT2D eigenvalue weighted by Gasteiger charge is 2.20. The Hall–Kier alpha value is -3.02. The minimum absolute atomic E-state index is 0.0702. The predicted octanol–water partition coefficient (Wildman–Crippen LogP) is 2.93. The first-order valence-electron chi connectivity index (χ1n) is 7.76.